The van der Waals surface area contributed by atoms with Crippen LogP contribution in [-0.2, 0) is 6.61 Å². The number of nitrogens with zero attached hydrogens (tertiary/aromatic N) is 5. The maximum Gasteiger partial charge on any atom is 0.220 e. The van der Waals surface area contributed by atoms with Crippen LogP contribution in [0.3, 0.4) is 0 Å². The Bertz CT molecular complexity index is 1540. The maximum atomic E-state index is 11.7. The lowest BCUT2D eigenvalue weighted by molar-refractivity contribution is -0.479. The van der Waals surface area contributed by atoms with Gasteiger partial charge in [0, 0.05) is 16.2 Å². The lowest BCUT2D eigenvalue weighted by Crippen LogP contribution is -2.12. The number of aryl methyl sites for hydroxylation is 1. The third kappa shape index (κ3) is 6.65. The zero-order valence-corrected chi connectivity index (χ0v) is 23.6. The summed E-state index contributed by atoms with van der Waals surface area (Å²) in [6, 6.07) is 20.0. The Morgan fingerprint density at radius 2 is 1.90 bits per heavy atom. The Balaban J connectivity index is 1.64. The molecule has 0 amide bonds. The number of benzene rings is 3. The van der Waals surface area contributed by atoms with Crippen molar-refractivity contribution in [2.45, 2.75) is 30.9 Å². The van der Waals surface area contributed by atoms with Gasteiger partial charge in [0.05, 0.1) is 30.4 Å². The van der Waals surface area contributed by atoms with E-state index in [4.69, 9.17) is 25.8 Å². The molecule has 1 heterocycles. The maximum absolute atomic E-state index is 11.7. The summed E-state index contributed by atoms with van der Waals surface area (Å²) in [4.78, 5) is 11.3. The highest BCUT2D eigenvalue weighted by atomic mass is 35.5. The van der Waals surface area contributed by atoms with Crippen LogP contribution >= 0.6 is 23.4 Å². The predicted molar refractivity (Wildman–Crippen MR) is 151 cm³/mol. The second kappa shape index (κ2) is 13.2. The van der Waals surface area contributed by atoms with E-state index < -0.39 is 11.8 Å². The number of hydrogen-bond donors (Lipinski definition) is 0. The fraction of sp³-hybridized carbons (Fsp3) is 0.250. The molecule has 40 heavy (non-hydrogen) atoms. The third-order valence-electron chi connectivity index (χ3n) is 5.90. The summed E-state index contributed by atoms with van der Waals surface area (Å²) >= 11 is 7.82. The number of methoxy groups -OCH3 is 1. The van der Waals surface area contributed by atoms with Crippen molar-refractivity contribution in [3.05, 3.63) is 98.3 Å². The monoisotopic (exact) mass is 579 g/mol. The molecular formula is C28H26ClN5O5S. The molecule has 1 atom stereocenters. The summed E-state index contributed by atoms with van der Waals surface area (Å²) in [6.07, 6.45) is 0. The highest BCUT2D eigenvalue weighted by molar-refractivity contribution is 7.99. The Morgan fingerprint density at radius 1 is 1.15 bits per heavy atom. The molecular weight excluding hydrogens is 554 g/mol. The smallest absolute Gasteiger partial charge is 0.220 e. The van der Waals surface area contributed by atoms with Gasteiger partial charge in [0.25, 0.3) is 0 Å². The molecule has 0 aliphatic heterocycles. The third-order valence-corrected chi connectivity index (χ3v) is 7.36. The van der Waals surface area contributed by atoms with Gasteiger partial charge in [-0.25, -0.2) is 0 Å². The van der Waals surface area contributed by atoms with Crippen LogP contribution in [0, 0.1) is 28.4 Å². The summed E-state index contributed by atoms with van der Waals surface area (Å²) in [5, 5.41) is 29.6. The quantitative estimate of drug-likeness (QED) is 0.109. The minimum absolute atomic E-state index is 0.0940. The first-order valence-corrected chi connectivity index (χ1v) is 13.5. The fourth-order valence-electron chi connectivity index (χ4n) is 4.02. The first-order chi connectivity index (χ1) is 19.3. The van der Waals surface area contributed by atoms with Crippen molar-refractivity contribution in [2.75, 3.05) is 20.3 Å². The molecule has 0 fully saturated rings. The van der Waals surface area contributed by atoms with E-state index in [2.05, 4.69) is 16.3 Å². The predicted octanol–water partition coefficient (Wildman–Crippen LogP) is 6.20. The van der Waals surface area contributed by atoms with Crippen molar-refractivity contribution < 1.29 is 19.1 Å². The van der Waals surface area contributed by atoms with Gasteiger partial charge in [-0.2, -0.15) is 5.26 Å². The second-order valence-corrected chi connectivity index (χ2v) is 10.1. The minimum atomic E-state index is -0.667. The molecule has 0 spiro atoms. The zero-order chi connectivity index (χ0) is 28.6. The lowest BCUT2D eigenvalue weighted by Gasteiger charge is -2.18. The molecule has 206 valence electrons. The van der Waals surface area contributed by atoms with Gasteiger partial charge in [0.1, 0.15) is 23.4 Å². The lowest BCUT2D eigenvalue weighted by atomic mass is 10.1. The van der Waals surface area contributed by atoms with Crippen LogP contribution in [0.25, 0.3) is 5.69 Å². The Hall–Kier alpha value is -4.27. The van der Waals surface area contributed by atoms with E-state index in [1.165, 1.54) is 18.9 Å². The van der Waals surface area contributed by atoms with Crippen molar-refractivity contribution in [3.63, 3.8) is 0 Å². The topological polar surface area (TPSA) is 125 Å². The molecule has 1 aromatic heterocycles. The highest BCUT2D eigenvalue weighted by Crippen LogP contribution is 2.43. The van der Waals surface area contributed by atoms with E-state index in [-0.39, 0.29) is 22.3 Å². The minimum Gasteiger partial charge on any atom is -0.494 e. The standard InChI is InChI=1S/C28H26ClN5O5S/c1-4-38-23-11-9-22(10-12-23)34-18(2)31-32-28(34)40-26(16-33(35)36)21-13-24(29)27(25(14-21)37-3)39-17-20-8-6-5-7-19(20)15-30/h5-14,26H,4,16-17H2,1-3H3/t26-/m0/s1. The summed E-state index contributed by atoms with van der Waals surface area (Å²) < 4.78 is 18.9. The first-order valence-electron chi connectivity index (χ1n) is 12.3. The molecule has 0 unspecified atom stereocenters. The van der Waals surface area contributed by atoms with Crippen LogP contribution in [0.5, 0.6) is 17.2 Å². The molecule has 0 aliphatic rings. The van der Waals surface area contributed by atoms with E-state index in [1.807, 2.05) is 48.7 Å². The van der Waals surface area contributed by atoms with Gasteiger partial charge in [-0.05, 0) is 61.9 Å². The van der Waals surface area contributed by atoms with Gasteiger partial charge in [-0.1, -0.05) is 41.6 Å². The van der Waals surface area contributed by atoms with Gasteiger partial charge in [0.2, 0.25) is 6.54 Å². The number of aromatic nitrogens is 3. The molecule has 4 aromatic rings. The van der Waals surface area contributed by atoms with E-state index >= 15 is 0 Å². The van der Waals surface area contributed by atoms with Crippen LogP contribution in [0.15, 0.2) is 65.8 Å². The van der Waals surface area contributed by atoms with Crippen LogP contribution < -0.4 is 14.2 Å². The summed E-state index contributed by atoms with van der Waals surface area (Å²) in [6.45, 7) is 3.98. The van der Waals surface area contributed by atoms with Crippen molar-refractivity contribution in [1.29, 1.82) is 5.26 Å². The van der Waals surface area contributed by atoms with E-state index in [9.17, 15) is 15.4 Å². The van der Waals surface area contributed by atoms with Crippen molar-refractivity contribution in [1.82, 2.24) is 14.8 Å². The normalized spacial score (nSPS) is 11.5. The van der Waals surface area contributed by atoms with E-state index in [0.29, 0.717) is 40.0 Å². The van der Waals surface area contributed by atoms with Gasteiger partial charge < -0.3 is 14.2 Å². The summed E-state index contributed by atoms with van der Waals surface area (Å²) in [5.74, 6) is 1.95. The average Bonchev–Trinajstić information content (AvgIpc) is 3.31. The van der Waals surface area contributed by atoms with Gasteiger partial charge >= 0.3 is 0 Å². The Kier molecular flexibility index (Phi) is 9.47. The molecule has 0 saturated carbocycles. The molecule has 0 aliphatic carbocycles. The molecule has 10 nitrogen and oxygen atoms in total. The van der Waals surface area contributed by atoms with Crippen LogP contribution in [0.2, 0.25) is 5.02 Å². The van der Waals surface area contributed by atoms with Crippen molar-refractivity contribution in [3.8, 4) is 29.0 Å². The molecule has 0 radical (unpaired) electrons. The number of halogens is 1. The number of hydrogen-bond acceptors (Lipinski definition) is 9. The summed E-state index contributed by atoms with van der Waals surface area (Å²) in [7, 11) is 1.47. The molecule has 3 aromatic carbocycles. The number of nitriles is 1. The average molecular weight is 580 g/mol. The number of thioether (sulfide) groups is 1. The first kappa shape index (κ1) is 28.7. The SMILES string of the molecule is CCOc1ccc(-n2c(C)nnc2S[C@@H](C[N+](=O)[O-])c2cc(Cl)c(OCc3ccccc3C#N)c(OC)c2)cc1. The largest absolute Gasteiger partial charge is 0.494 e. The number of nitro groups is 1. The highest BCUT2D eigenvalue weighted by Gasteiger charge is 2.26. The molecule has 0 bridgehead atoms. The zero-order valence-electron chi connectivity index (χ0n) is 22.0. The second-order valence-electron chi connectivity index (χ2n) is 8.51. The van der Waals surface area contributed by atoms with Crippen molar-refractivity contribution in [2.24, 2.45) is 0 Å². The van der Waals surface area contributed by atoms with Gasteiger partial charge in [-0.15, -0.1) is 10.2 Å². The van der Waals surface area contributed by atoms with Gasteiger partial charge in [-0.3, -0.25) is 14.7 Å². The van der Waals surface area contributed by atoms with Crippen LogP contribution in [0.4, 0.5) is 0 Å². The Labute approximate surface area is 240 Å². The summed E-state index contributed by atoms with van der Waals surface area (Å²) in [5.41, 5.74) is 2.54. The van der Waals surface area contributed by atoms with Gasteiger partial charge in [0.15, 0.2) is 16.7 Å². The number of ether oxygens (including phenoxy) is 3. The van der Waals surface area contributed by atoms with Crippen LogP contribution in [-0.4, -0.2) is 39.9 Å². The van der Waals surface area contributed by atoms with E-state index in [1.54, 1.807) is 30.3 Å². The molecule has 0 saturated heterocycles. The molecule has 4 rings (SSSR count). The molecule has 0 N–H and O–H groups in total. The molecule has 12 heteroatoms. The fourth-order valence-corrected chi connectivity index (χ4v) is 5.45. The van der Waals surface area contributed by atoms with E-state index in [0.717, 1.165) is 11.4 Å². The Morgan fingerprint density at radius 3 is 2.58 bits per heavy atom. The van der Waals surface area contributed by atoms with Crippen molar-refractivity contribution >= 4 is 23.4 Å². The van der Waals surface area contributed by atoms with Crippen LogP contribution in [0.1, 0.15) is 34.7 Å². The number of rotatable bonds is 12.